The summed E-state index contributed by atoms with van der Waals surface area (Å²) in [6.45, 7) is 0. The molecule has 0 atom stereocenters. The van der Waals surface area contributed by atoms with Crippen molar-refractivity contribution in [1.29, 1.82) is 0 Å². The number of rotatable bonds is 3. The Kier molecular flexibility index (Phi) is 3.73. The Morgan fingerprint density at radius 2 is 2.07 bits per heavy atom. The van der Waals surface area contributed by atoms with Gasteiger partial charge in [-0.05, 0) is 5.56 Å². The second kappa shape index (κ2) is 5.07. The van der Waals surface area contributed by atoms with E-state index in [9.17, 15) is 9.90 Å². The predicted molar refractivity (Wildman–Crippen MR) is 52.9 cm³/mol. The van der Waals surface area contributed by atoms with E-state index in [-0.39, 0.29) is 5.76 Å². The molecule has 0 aliphatic heterocycles. The van der Waals surface area contributed by atoms with E-state index in [4.69, 9.17) is 0 Å². The molecule has 0 saturated carbocycles. The van der Waals surface area contributed by atoms with E-state index in [1.807, 2.05) is 30.3 Å². The van der Waals surface area contributed by atoms with E-state index in [0.29, 0.717) is 6.42 Å². The van der Waals surface area contributed by atoms with Gasteiger partial charge in [0, 0.05) is 6.42 Å². The molecule has 3 nitrogen and oxygen atoms in total. The molecule has 1 aromatic rings. The van der Waals surface area contributed by atoms with E-state index in [0.717, 1.165) is 11.6 Å². The lowest BCUT2D eigenvalue weighted by Gasteiger charge is -1.99. The van der Waals surface area contributed by atoms with Crippen LogP contribution in [0.3, 0.4) is 0 Å². The van der Waals surface area contributed by atoms with E-state index in [2.05, 4.69) is 4.74 Å². The maximum Gasteiger partial charge on any atom is 0.333 e. The third-order valence-corrected chi connectivity index (χ3v) is 1.71. The Morgan fingerprint density at radius 3 is 2.64 bits per heavy atom. The summed E-state index contributed by atoms with van der Waals surface area (Å²) in [7, 11) is 1.27. The second-order valence-electron chi connectivity index (χ2n) is 2.82. The summed E-state index contributed by atoms with van der Waals surface area (Å²) in [6.07, 6.45) is 1.42. The summed E-state index contributed by atoms with van der Waals surface area (Å²) in [4.78, 5) is 10.8. The molecule has 1 N–H and O–H groups in total. The molecule has 3 heteroatoms. The van der Waals surface area contributed by atoms with Gasteiger partial charge < -0.3 is 9.84 Å². The van der Waals surface area contributed by atoms with Crippen molar-refractivity contribution < 1.29 is 14.6 Å². The number of allylic oxidation sites excluding steroid dienone is 1. The topological polar surface area (TPSA) is 46.5 Å². The zero-order chi connectivity index (χ0) is 10.4. The van der Waals surface area contributed by atoms with Gasteiger partial charge in [0.1, 0.15) is 5.76 Å². The molecule has 0 fully saturated rings. The molecule has 14 heavy (non-hydrogen) atoms. The number of hydrogen-bond acceptors (Lipinski definition) is 3. The van der Waals surface area contributed by atoms with Crippen LogP contribution in [0.2, 0.25) is 0 Å². The van der Waals surface area contributed by atoms with Gasteiger partial charge in [-0.1, -0.05) is 30.3 Å². The number of carbonyl (C=O) groups excluding carboxylic acids is 1. The lowest BCUT2D eigenvalue weighted by Crippen LogP contribution is -1.98. The van der Waals surface area contributed by atoms with Gasteiger partial charge in [0.25, 0.3) is 0 Å². The number of hydrogen-bond donors (Lipinski definition) is 1. The fraction of sp³-hybridized carbons (Fsp3) is 0.182. The van der Waals surface area contributed by atoms with Crippen LogP contribution in [0.15, 0.2) is 42.2 Å². The molecule has 0 aliphatic carbocycles. The third kappa shape index (κ3) is 3.31. The first-order valence-corrected chi connectivity index (χ1v) is 4.24. The molecule has 0 heterocycles. The number of esters is 1. The van der Waals surface area contributed by atoms with Gasteiger partial charge in [-0.15, -0.1) is 0 Å². The first-order valence-electron chi connectivity index (χ1n) is 4.24. The molecule has 0 saturated heterocycles. The zero-order valence-corrected chi connectivity index (χ0v) is 7.93. The molecular formula is C11H12O3. The molecule has 0 radical (unpaired) electrons. The summed E-state index contributed by atoms with van der Waals surface area (Å²) < 4.78 is 4.38. The summed E-state index contributed by atoms with van der Waals surface area (Å²) >= 11 is 0. The van der Waals surface area contributed by atoms with Crippen molar-refractivity contribution in [1.82, 2.24) is 0 Å². The fourth-order valence-corrected chi connectivity index (χ4v) is 1.05. The maximum absolute atomic E-state index is 10.8. The quantitative estimate of drug-likeness (QED) is 0.451. The third-order valence-electron chi connectivity index (χ3n) is 1.71. The summed E-state index contributed by atoms with van der Waals surface area (Å²) in [6, 6.07) is 9.40. The molecule has 0 aromatic heterocycles. The van der Waals surface area contributed by atoms with Crippen LogP contribution in [0.5, 0.6) is 0 Å². The average Bonchev–Trinajstić information content (AvgIpc) is 2.19. The lowest BCUT2D eigenvalue weighted by atomic mass is 10.1. The molecule has 0 aliphatic rings. The number of carbonyl (C=O) groups is 1. The van der Waals surface area contributed by atoms with Gasteiger partial charge in [0.05, 0.1) is 13.2 Å². The maximum atomic E-state index is 10.8. The standard InChI is InChI=1S/C11H12O3/c1-14-11(13)8-10(12)7-9-5-3-2-4-6-9/h2-6,8,12H,7H2,1H3/b10-8-. The van der Waals surface area contributed by atoms with Crippen LogP contribution in [0.4, 0.5) is 0 Å². The second-order valence-corrected chi connectivity index (χ2v) is 2.82. The van der Waals surface area contributed by atoms with Crippen LogP contribution in [-0.4, -0.2) is 18.2 Å². The molecule has 0 unspecified atom stereocenters. The number of ether oxygens (including phenoxy) is 1. The minimum Gasteiger partial charge on any atom is -0.512 e. The minimum atomic E-state index is -0.543. The first-order chi connectivity index (χ1) is 6.72. The van der Waals surface area contributed by atoms with Crippen molar-refractivity contribution in [3.05, 3.63) is 47.7 Å². The zero-order valence-electron chi connectivity index (χ0n) is 7.93. The van der Waals surface area contributed by atoms with Crippen molar-refractivity contribution in [2.45, 2.75) is 6.42 Å². The number of aliphatic hydroxyl groups excluding tert-OH is 1. The average molecular weight is 192 g/mol. The molecule has 1 rings (SSSR count). The monoisotopic (exact) mass is 192 g/mol. The van der Waals surface area contributed by atoms with Crippen molar-refractivity contribution in [3.8, 4) is 0 Å². The Balaban J connectivity index is 2.61. The highest BCUT2D eigenvalue weighted by molar-refractivity contribution is 5.82. The fourth-order valence-electron chi connectivity index (χ4n) is 1.05. The van der Waals surface area contributed by atoms with Gasteiger partial charge in [-0.3, -0.25) is 0 Å². The highest BCUT2D eigenvalue weighted by atomic mass is 16.5. The van der Waals surface area contributed by atoms with Crippen LogP contribution >= 0.6 is 0 Å². The van der Waals surface area contributed by atoms with Crippen molar-refractivity contribution in [2.24, 2.45) is 0 Å². The highest BCUT2D eigenvalue weighted by Gasteiger charge is 2.00. The molecule has 0 amide bonds. The van der Waals surface area contributed by atoms with Crippen molar-refractivity contribution in [2.75, 3.05) is 7.11 Å². The van der Waals surface area contributed by atoms with Crippen molar-refractivity contribution in [3.63, 3.8) is 0 Å². The summed E-state index contributed by atoms with van der Waals surface area (Å²) in [5, 5.41) is 9.36. The van der Waals surface area contributed by atoms with Gasteiger partial charge >= 0.3 is 5.97 Å². The SMILES string of the molecule is COC(=O)/C=C(\O)Cc1ccccc1. The van der Waals surface area contributed by atoms with Gasteiger partial charge in [0.2, 0.25) is 0 Å². The van der Waals surface area contributed by atoms with E-state index in [1.54, 1.807) is 0 Å². The molecule has 0 spiro atoms. The Labute approximate surface area is 82.6 Å². The Morgan fingerprint density at radius 1 is 1.43 bits per heavy atom. The van der Waals surface area contributed by atoms with Gasteiger partial charge in [-0.25, -0.2) is 4.79 Å². The largest absolute Gasteiger partial charge is 0.512 e. The Bertz CT molecular complexity index is 328. The van der Waals surface area contributed by atoms with Gasteiger partial charge in [0.15, 0.2) is 0 Å². The van der Waals surface area contributed by atoms with Gasteiger partial charge in [-0.2, -0.15) is 0 Å². The van der Waals surface area contributed by atoms with E-state index in [1.165, 1.54) is 7.11 Å². The predicted octanol–water partition coefficient (Wildman–Crippen LogP) is 1.84. The summed E-state index contributed by atoms with van der Waals surface area (Å²) in [5.41, 5.74) is 0.949. The number of methoxy groups -OCH3 is 1. The normalized spacial score (nSPS) is 11.1. The van der Waals surface area contributed by atoms with Crippen LogP contribution in [-0.2, 0) is 16.0 Å². The minimum absolute atomic E-state index is 0.00282. The Hall–Kier alpha value is -1.77. The van der Waals surface area contributed by atoms with Crippen LogP contribution < -0.4 is 0 Å². The molecular weight excluding hydrogens is 180 g/mol. The summed E-state index contributed by atoms with van der Waals surface area (Å²) in [5.74, 6) is -0.540. The molecule has 0 bridgehead atoms. The van der Waals surface area contributed by atoms with Crippen molar-refractivity contribution >= 4 is 5.97 Å². The van der Waals surface area contributed by atoms with Crippen LogP contribution in [0.1, 0.15) is 5.56 Å². The van der Waals surface area contributed by atoms with E-state index >= 15 is 0 Å². The lowest BCUT2D eigenvalue weighted by molar-refractivity contribution is -0.135. The first kappa shape index (κ1) is 10.3. The molecule has 1 aromatic carbocycles. The van der Waals surface area contributed by atoms with E-state index < -0.39 is 5.97 Å². The number of aliphatic hydroxyl groups is 1. The number of benzene rings is 1. The molecule has 74 valence electrons. The van der Waals surface area contributed by atoms with Crippen LogP contribution in [0.25, 0.3) is 0 Å². The van der Waals surface area contributed by atoms with Crippen LogP contribution in [0, 0.1) is 0 Å². The smallest absolute Gasteiger partial charge is 0.333 e. The highest BCUT2D eigenvalue weighted by Crippen LogP contribution is 2.05.